The molecule has 1 aliphatic rings. The van der Waals surface area contributed by atoms with Crippen LogP contribution in [0.2, 0.25) is 5.02 Å². The van der Waals surface area contributed by atoms with Crippen molar-refractivity contribution in [1.29, 1.82) is 0 Å². The molecule has 1 aromatic heterocycles. The van der Waals surface area contributed by atoms with Crippen LogP contribution in [0, 0.1) is 0 Å². The maximum Gasteiger partial charge on any atom is 0.123 e. The Labute approximate surface area is 147 Å². The van der Waals surface area contributed by atoms with Crippen molar-refractivity contribution in [3.05, 3.63) is 59.4 Å². The number of rotatable bonds is 3. The van der Waals surface area contributed by atoms with Gasteiger partial charge in [0.25, 0.3) is 0 Å². The number of nitrogens with zero attached hydrogens (tertiary/aromatic N) is 4. The summed E-state index contributed by atoms with van der Waals surface area (Å²) < 4.78 is 2.20. The van der Waals surface area contributed by atoms with Crippen LogP contribution in [0.3, 0.4) is 0 Å². The number of aromatic nitrogens is 2. The number of aryl methyl sites for hydroxylation is 1. The fraction of sp³-hybridized carbons (Fsp3) is 0.316. The highest BCUT2D eigenvalue weighted by Gasteiger charge is 2.20. The molecule has 0 saturated carbocycles. The van der Waals surface area contributed by atoms with Gasteiger partial charge in [0.2, 0.25) is 0 Å². The first kappa shape index (κ1) is 15.5. The SMILES string of the molecule is Cn1c(CN2CCN(c3ccccc3Cl)CC2)nc2ccccc21. The molecule has 0 spiro atoms. The lowest BCUT2D eigenvalue weighted by atomic mass is 10.2. The summed E-state index contributed by atoms with van der Waals surface area (Å²) in [5, 5.41) is 0.835. The van der Waals surface area contributed by atoms with Gasteiger partial charge in [0.15, 0.2) is 0 Å². The monoisotopic (exact) mass is 340 g/mol. The van der Waals surface area contributed by atoms with Crippen molar-refractivity contribution in [3.8, 4) is 0 Å². The number of imidazole rings is 1. The highest BCUT2D eigenvalue weighted by Crippen LogP contribution is 2.26. The molecule has 4 nitrogen and oxygen atoms in total. The number of anilines is 1. The van der Waals surface area contributed by atoms with E-state index in [9.17, 15) is 0 Å². The molecule has 0 radical (unpaired) electrons. The van der Waals surface area contributed by atoms with Gasteiger partial charge in [-0.3, -0.25) is 4.90 Å². The second-order valence-corrected chi connectivity index (χ2v) is 6.70. The highest BCUT2D eigenvalue weighted by molar-refractivity contribution is 6.33. The summed E-state index contributed by atoms with van der Waals surface area (Å²) in [4.78, 5) is 9.62. The van der Waals surface area contributed by atoms with Crippen LogP contribution in [0.25, 0.3) is 11.0 Å². The van der Waals surface area contributed by atoms with Crippen LogP contribution in [0.4, 0.5) is 5.69 Å². The third kappa shape index (κ3) is 2.87. The van der Waals surface area contributed by atoms with Crippen molar-refractivity contribution < 1.29 is 0 Å². The molecule has 2 aromatic carbocycles. The van der Waals surface area contributed by atoms with Crippen LogP contribution in [0.1, 0.15) is 5.82 Å². The number of halogens is 1. The van der Waals surface area contributed by atoms with Gasteiger partial charge in [-0.25, -0.2) is 4.98 Å². The van der Waals surface area contributed by atoms with Gasteiger partial charge in [-0.2, -0.15) is 0 Å². The summed E-state index contributed by atoms with van der Waals surface area (Å²) in [6, 6.07) is 16.4. The Balaban J connectivity index is 1.44. The molecular formula is C19H21ClN4. The van der Waals surface area contributed by atoms with Crippen LogP contribution in [0.5, 0.6) is 0 Å². The lowest BCUT2D eigenvalue weighted by Gasteiger charge is -2.36. The summed E-state index contributed by atoms with van der Waals surface area (Å²) in [6.07, 6.45) is 0. The average Bonchev–Trinajstić information content (AvgIpc) is 2.93. The Kier molecular flexibility index (Phi) is 4.17. The topological polar surface area (TPSA) is 24.3 Å². The first-order valence-corrected chi connectivity index (χ1v) is 8.72. The minimum absolute atomic E-state index is 0.835. The number of fused-ring (bicyclic) bond motifs is 1. The summed E-state index contributed by atoms with van der Waals surface area (Å²) in [5.74, 6) is 1.13. The van der Waals surface area contributed by atoms with E-state index < -0.39 is 0 Å². The van der Waals surface area contributed by atoms with E-state index in [2.05, 4.69) is 45.7 Å². The number of para-hydroxylation sites is 3. The van der Waals surface area contributed by atoms with Crippen LogP contribution < -0.4 is 4.90 Å². The van der Waals surface area contributed by atoms with Gasteiger partial charge < -0.3 is 9.47 Å². The molecule has 4 rings (SSSR count). The minimum Gasteiger partial charge on any atom is -0.368 e. The zero-order valence-corrected chi connectivity index (χ0v) is 14.6. The molecule has 0 aliphatic carbocycles. The predicted molar refractivity (Wildman–Crippen MR) is 99.7 cm³/mol. The van der Waals surface area contributed by atoms with E-state index in [1.54, 1.807) is 0 Å². The number of piperazine rings is 1. The Morgan fingerprint density at radius 1 is 0.958 bits per heavy atom. The average molecular weight is 341 g/mol. The Hall–Kier alpha value is -2.04. The van der Waals surface area contributed by atoms with Gasteiger partial charge in [-0.05, 0) is 24.3 Å². The molecule has 0 amide bonds. The third-order valence-electron chi connectivity index (χ3n) is 4.81. The van der Waals surface area contributed by atoms with Gasteiger partial charge >= 0.3 is 0 Å². The van der Waals surface area contributed by atoms with Crippen molar-refractivity contribution in [3.63, 3.8) is 0 Å². The van der Waals surface area contributed by atoms with E-state index >= 15 is 0 Å². The molecule has 1 fully saturated rings. The molecule has 124 valence electrons. The molecule has 2 heterocycles. The van der Waals surface area contributed by atoms with E-state index in [1.165, 1.54) is 5.52 Å². The van der Waals surface area contributed by atoms with Crippen molar-refractivity contribution in [2.24, 2.45) is 7.05 Å². The van der Waals surface area contributed by atoms with Crippen molar-refractivity contribution in [1.82, 2.24) is 14.5 Å². The fourth-order valence-corrected chi connectivity index (χ4v) is 3.65. The van der Waals surface area contributed by atoms with Crippen LogP contribution in [-0.4, -0.2) is 40.6 Å². The van der Waals surface area contributed by atoms with Crippen LogP contribution in [0.15, 0.2) is 48.5 Å². The molecule has 3 aromatic rings. The van der Waals surface area contributed by atoms with E-state index in [1.807, 2.05) is 24.3 Å². The number of hydrogen-bond donors (Lipinski definition) is 0. The summed E-state index contributed by atoms with van der Waals surface area (Å²) >= 11 is 6.32. The third-order valence-corrected chi connectivity index (χ3v) is 5.13. The molecule has 0 N–H and O–H groups in total. The molecule has 1 aliphatic heterocycles. The number of hydrogen-bond acceptors (Lipinski definition) is 3. The number of benzene rings is 2. The van der Waals surface area contributed by atoms with E-state index in [-0.39, 0.29) is 0 Å². The zero-order valence-electron chi connectivity index (χ0n) is 13.8. The van der Waals surface area contributed by atoms with Crippen LogP contribution >= 0.6 is 11.6 Å². The molecule has 0 atom stereocenters. The zero-order chi connectivity index (χ0) is 16.5. The second kappa shape index (κ2) is 6.46. The van der Waals surface area contributed by atoms with Gasteiger partial charge in [0.1, 0.15) is 5.82 Å². The minimum atomic E-state index is 0.835. The summed E-state index contributed by atoms with van der Waals surface area (Å²) in [5.41, 5.74) is 3.41. The van der Waals surface area contributed by atoms with Gasteiger partial charge in [0.05, 0.1) is 28.3 Å². The van der Waals surface area contributed by atoms with Crippen LogP contribution in [-0.2, 0) is 13.6 Å². The molecular weight excluding hydrogens is 320 g/mol. The highest BCUT2D eigenvalue weighted by atomic mass is 35.5. The predicted octanol–water partition coefficient (Wildman–Crippen LogP) is 3.55. The van der Waals surface area contributed by atoms with Crippen molar-refractivity contribution in [2.45, 2.75) is 6.54 Å². The normalized spacial score (nSPS) is 16.0. The maximum absolute atomic E-state index is 6.32. The van der Waals surface area contributed by atoms with Crippen molar-refractivity contribution >= 4 is 28.3 Å². The summed E-state index contributed by atoms with van der Waals surface area (Å²) in [6.45, 7) is 4.92. The second-order valence-electron chi connectivity index (χ2n) is 6.29. The molecule has 0 unspecified atom stereocenters. The van der Waals surface area contributed by atoms with E-state index in [4.69, 9.17) is 16.6 Å². The first-order chi connectivity index (χ1) is 11.7. The van der Waals surface area contributed by atoms with Gasteiger partial charge in [-0.1, -0.05) is 35.9 Å². The van der Waals surface area contributed by atoms with Crippen molar-refractivity contribution in [2.75, 3.05) is 31.1 Å². The Morgan fingerprint density at radius 2 is 1.67 bits per heavy atom. The van der Waals surface area contributed by atoms with E-state index in [0.29, 0.717) is 0 Å². The lowest BCUT2D eigenvalue weighted by Crippen LogP contribution is -2.46. The van der Waals surface area contributed by atoms with E-state index in [0.717, 1.165) is 54.8 Å². The lowest BCUT2D eigenvalue weighted by molar-refractivity contribution is 0.242. The Bertz CT molecular complexity index is 849. The quantitative estimate of drug-likeness (QED) is 0.728. The first-order valence-electron chi connectivity index (χ1n) is 8.34. The Morgan fingerprint density at radius 3 is 2.42 bits per heavy atom. The molecule has 5 heteroatoms. The largest absolute Gasteiger partial charge is 0.368 e. The fourth-order valence-electron chi connectivity index (χ4n) is 3.39. The maximum atomic E-state index is 6.32. The summed E-state index contributed by atoms with van der Waals surface area (Å²) in [7, 11) is 2.10. The molecule has 0 bridgehead atoms. The van der Waals surface area contributed by atoms with Gasteiger partial charge in [0, 0.05) is 33.2 Å². The molecule has 1 saturated heterocycles. The smallest absolute Gasteiger partial charge is 0.123 e. The standard InChI is InChI=1S/C19H21ClN4/c1-22-18-9-5-3-7-16(18)21-19(22)14-23-10-12-24(13-11-23)17-8-4-2-6-15(17)20/h2-9H,10-14H2,1H3. The van der Waals surface area contributed by atoms with Gasteiger partial charge in [-0.15, -0.1) is 0 Å². The molecule has 24 heavy (non-hydrogen) atoms.